The Balaban J connectivity index is 1.21. The monoisotopic (exact) mass is 426 g/mol. The molecule has 0 unspecified atom stereocenters. The van der Waals surface area contributed by atoms with Gasteiger partial charge in [-0.25, -0.2) is 0 Å². The van der Waals surface area contributed by atoms with Gasteiger partial charge >= 0.3 is 0 Å². The zero-order valence-electron chi connectivity index (χ0n) is 17.0. The van der Waals surface area contributed by atoms with Crippen molar-refractivity contribution in [1.29, 1.82) is 0 Å². The maximum Gasteiger partial charge on any atom is 0.253 e. The number of benzene rings is 2. The summed E-state index contributed by atoms with van der Waals surface area (Å²) in [6.45, 7) is 2.85. The number of hydrogen-bond acceptors (Lipinski definition) is 5. The highest BCUT2D eigenvalue weighted by atomic mass is 32.1. The molecule has 1 amide bonds. The van der Waals surface area contributed by atoms with Gasteiger partial charge in [-0.15, -0.1) is 21.5 Å². The number of thiophene rings is 1. The van der Waals surface area contributed by atoms with Crippen molar-refractivity contribution < 1.29 is 4.79 Å². The van der Waals surface area contributed by atoms with E-state index in [0.717, 1.165) is 46.2 Å². The molecule has 2 aromatic heterocycles. The summed E-state index contributed by atoms with van der Waals surface area (Å²) in [4.78, 5) is 18.2. The number of rotatable bonds is 4. The Morgan fingerprint density at radius 1 is 0.742 bits per heavy atom. The molecule has 0 atom stereocenters. The molecule has 31 heavy (non-hydrogen) atoms. The summed E-state index contributed by atoms with van der Waals surface area (Å²) >= 11 is 1.66. The van der Waals surface area contributed by atoms with Crippen LogP contribution >= 0.6 is 11.3 Å². The van der Waals surface area contributed by atoms with Gasteiger partial charge < -0.3 is 9.80 Å². The zero-order valence-corrected chi connectivity index (χ0v) is 17.8. The van der Waals surface area contributed by atoms with Gasteiger partial charge in [-0.2, -0.15) is 0 Å². The number of aromatic nitrogens is 2. The quantitative estimate of drug-likeness (QED) is 0.469. The van der Waals surface area contributed by atoms with E-state index < -0.39 is 0 Å². The summed E-state index contributed by atoms with van der Waals surface area (Å²) in [6.07, 6.45) is 0. The van der Waals surface area contributed by atoms with Crippen molar-refractivity contribution in [3.05, 3.63) is 89.8 Å². The summed E-state index contributed by atoms with van der Waals surface area (Å²) in [7, 11) is 0. The number of carbonyl (C=O) groups is 1. The molecule has 6 heteroatoms. The Morgan fingerprint density at radius 2 is 1.48 bits per heavy atom. The van der Waals surface area contributed by atoms with Crippen molar-refractivity contribution in [2.45, 2.75) is 0 Å². The number of anilines is 1. The molecular weight excluding hydrogens is 404 g/mol. The first-order valence-electron chi connectivity index (χ1n) is 10.4. The fourth-order valence-electron chi connectivity index (χ4n) is 3.81. The highest BCUT2D eigenvalue weighted by molar-refractivity contribution is 7.13. The van der Waals surface area contributed by atoms with Crippen LogP contribution in [0.15, 0.2) is 84.2 Å². The van der Waals surface area contributed by atoms with E-state index in [9.17, 15) is 4.79 Å². The maximum absolute atomic E-state index is 12.9. The second-order valence-corrected chi connectivity index (χ2v) is 8.42. The number of piperazine rings is 1. The van der Waals surface area contributed by atoms with Crippen molar-refractivity contribution in [3.8, 4) is 21.7 Å². The molecule has 0 bridgehead atoms. The van der Waals surface area contributed by atoms with Gasteiger partial charge in [0.05, 0.1) is 4.88 Å². The summed E-state index contributed by atoms with van der Waals surface area (Å²) in [6, 6.07) is 26.2. The third kappa shape index (κ3) is 4.20. The van der Waals surface area contributed by atoms with E-state index in [0.29, 0.717) is 13.1 Å². The van der Waals surface area contributed by atoms with Gasteiger partial charge in [0.25, 0.3) is 5.91 Å². The molecule has 5 nitrogen and oxygen atoms in total. The van der Waals surface area contributed by atoms with Crippen LogP contribution < -0.4 is 4.90 Å². The maximum atomic E-state index is 12.9. The molecule has 0 N–H and O–H groups in total. The molecular formula is C25H22N4OS. The van der Waals surface area contributed by atoms with E-state index >= 15 is 0 Å². The van der Waals surface area contributed by atoms with Crippen LogP contribution in [0.5, 0.6) is 0 Å². The molecule has 4 aromatic rings. The molecule has 0 radical (unpaired) electrons. The standard InChI is InChI=1S/C25H22N4OS/c30-25(21-10-8-20(9-11-21)19-5-2-1-3-6-19)29-16-14-28(15-17-29)24-13-12-22(26-27-24)23-7-4-18-31-23/h1-13,18H,14-17H2. The van der Waals surface area contributed by atoms with E-state index in [1.807, 2.05) is 77.0 Å². The second-order valence-electron chi connectivity index (χ2n) is 7.48. The molecule has 1 saturated heterocycles. The highest BCUT2D eigenvalue weighted by Gasteiger charge is 2.23. The summed E-state index contributed by atoms with van der Waals surface area (Å²) in [5.74, 6) is 0.943. The lowest BCUT2D eigenvalue weighted by atomic mass is 10.0. The van der Waals surface area contributed by atoms with E-state index in [2.05, 4.69) is 27.2 Å². The fourth-order valence-corrected chi connectivity index (χ4v) is 4.50. The van der Waals surface area contributed by atoms with Crippen molar-refractivity contribution in [3.63, 3.8) is 0 Å². The summed E-state index contributed by atoms with van der Waals surface area (Å²) < 4.78 is 0. The van der Waals surface area contributed by atoms with Crippen LogP contribution in [0.4, 0.5) is 5.82 Å². The molecule has 1 aliphatic heterocycles. The second kappa shape index (κ2) is 8.70. The smallest absolute Gasteiger partial charge is 0.253 e. The number of nitrogens with zero attached hydrogens (tertiary/aromatic N) is 4. The minimum absolute atomic E-state index is 0.0818. The Kier molecular flexibility index (Phi) is 5.46. The fraction of sp³-hybridized carbons (Fsp3) is 0.160. The van der Waals surface area contributed by atoms with Crippen LogP contribution in [0.1, 0.15) is 10.4 Å². The van der Waals surface area contributed by atoms with E-state index in [1.54, 1.807) is 11.3 Å². The minimum atomic E-state index is 0.0818. The Labute approximate surface area is 185 Å². The number of amides is 1. The predicted octanol–water partition coefficient (Wildman–Crippen LogP) is 4.83. The molecule has 2 aromatic carbocycles. The average molecular weight is 427 g/mol. The van der Waals surface area contributed by atoms with E-state index in [-0.39, 0.29) is 5.91 Å². The normalized spacial score (nSPS) is 13.9. The van der Waals surface area contributed by atoms with Crippen LogP contribution in [-0.4, -0.2) is 47.2 Å². The van der Waals surface area contributed by atoms with Crippen LogP contribution in [0.3, 0.4) is 0 Å². The SMILES string of the molecule is O=C(c1ccc(-c2ccccc2)cc1)N1CCN(c2ccc(-c3cccs3)nn2)CC1. The molecule has 154 valence electrons. The van der Waals surface area contributed by atoms with Gasteiger partial charge in [-0.3, -0.25) is 4.79 Å². The summed E-state index contributed by atoms with van der Waals surface area (Å²) in [5.41, 5.74) is 3.90. The van der Waals surface area contributed by atoms with E-state index in [4.69, 9.17) is 0 Å². The highest BCUT2D eigenvalue weighted by Crippen LogP contribution is 2.24. The molecule has 0 spiro atoms. The molecule has 0 saturated carbocycles. The van der Waals surface area contributed by atoms with Crippen LogP contribution in [0.2, 0.25) is 0 Å². The van der Waals surface area contributed by atoms with Crippen molar-refractivity contribution in [1.82, 2.24) is 15.1 Å². The van der Waals surface area contributed by atoms with Crippen molar-refractivity contribution >= 4 is 23.1 Å². The average Bonchev–Trinajstić information content (AvgIpc) is 3.40. The predicted molar refractivity (Wildman–Crippen MR) is 125 cm³/mol. The topological polar surface area (TPSA) is 49.3 Å². The summed E-state index contributed by atoms with van der Waals surface area (Å²) in [5, 5.41) is 10.8. The Morgan fingerprint density at radius 3 is 2.13 bits per heavy atom. The Bertz CT molecular complexity index is 1130. The third-order valence-corrected chi connectivity index (χ3v) is 6.45. The first kappa shape index (κ1) is 19.5. The lowest BCUT2D eigenvalue weighted by Gasteiger charge is -2.35. The molecule has 1 aliphatic rings. The van der Waals surface area contributed by atoms with Gasteiger partial charge in [0.15, 0.2) is 5.82 Å². The molecule has 0 aliphatic carbocycles. The van der Waals surface area contributed by atoms with Crippen LogP contribution in [-0.2, 0) is 0 Å². The zero-order chi connectivity index (χ0) is 21.0. The van der Waals surface area contributed by atoms with Gasteiger partial charge in [-0.1, -0.05) is 48.5 Å². The van der Waals surface area contributed by atoms with Crippen molar-refractivity contribution in [2.75, 3.05) is 31.1 Å². The van der Waals surface area contributed by atoms with Crippen LogP contribution in [0.25, 0.3) is 21.7 Å². The van der Waals surface area contributed by atoms with Gasteiger partial charge in [0.1, 0.15) is 5.69 Å². The lowest BCUT2D eigenvalue weighted by molar-refractivity contribution is 0.0746. The third-order valence-electron chi connectivity index (χ3n) is 5.55. The molecule has 3 heterocycles. The molecule has 1 fully saturated rings. The van der Waals surface area contributed by atoms with Gasteiger partial charge in [0, 0.05) is 31.7 Å². The Hall–Kier alpha value is -3.51. The number of carbonyl (C=O) groups excluding carboxylic acids is 1. The minimum Gasteiger partial charge on any atom is -0.352 e. The van der Waals surface area contributed by atoms with E-state index in [1.165, 1.54) is 0 Å². The first-order valence-corrected chi connectivity index (χ1v) is 11.2. The van der Waals surface area contributed by atoms with Crippen LogP contribution in [0, 0.1) is 0 Å². The first-order chi connectivity index (χ1) is 15.3. The number of hydrogen-bond donors (Lipinski definition) is 0. The van der Waals surface area contributed by atoms with Crippen molar-refractivity contribution in [2.24, 2.45) is 0 Å². The largest absolute Gasteiger partial charge is 0.352 e. The molecule has 5 rings (SSSR count). The van der Waals surface area contributed by atoms with Gasteiger partial charge in [0.2, 0.25) is 0 Å². The lowest BCUT2D eigenvalue weighted by Crippen LogP contribution is -2.49. The van der Waals surface area contributed by atoms with Gasteiger partial charge in [-0.05, 0) is 46.8 Å².